The lowest BCUT2D eigenvalue weighted by molar-refractivity contribution is -0.122. The van der Waals surface area contributed by atoms with Crippen LogP contribution < -0.4 is 10.6 Å². The van der Waals surface area contributed by atoms with Crippen LogP contribution in [0.25, 0.3) is 0 Å². The van der Waals surface area contributed by atoms with Crippen LogP contribution in [0.15, 0.2) is 0 Å². The molecule has 2 N–H and O–H groups in total. The number of rotatable bonds is 0. The summed E-state index contributed by atoms with van der Waals surface area (Å²) < 4.78 is 0. The van der Waals surface area contributed by atoms with Crippen molar-refractivity contribution in [2.45, 2.75) is 103 Å². The Morgan fingerprint density at radius 3 is 1.08 bits per heavy atom. The molecule has 1 saturated heterocycles. The van der Waals surface area contributed by atoms with Crippen molar-refractivity contribution in [1.29, 1.82) is 0 Å². The van der Waals surface area contributed by atoms with Crippen molar-refractivity contribution in [3.05, 3.63) is 0 Å². The highest BCUT2D eigenvalue weighted by Gasteiger charge is 2.03. The van der Waals surface area contributed by atoms with Crippen molar-refractivity contribution in [2.75, 3.05) is 13.1 Å². The molecule has 0 unspecified atom stereocenters. The summed E-state index contributed by atoms with van der Waals surface area (Å²) in [5.41, 5.74) is 0. The van der Waals surface area contributed by atoms with E-state index in [2.05, 4.69) is 10.6 Å². The smallest absolute Gasteiger partial charge is 0.219 e. The molecule has 4 nitrogen and oxygen atoms in total. The van der Waals surface area contributed by atoms with Crippen molar-refractivity contribution in [3.63, 3.8) is 0 Å². The largest absolute Gasteiger partial charge is 0.356 e. The monoisotopic (exact) mass is 338 g/mol. The maximum absolute atomic E-state index is 11.7. The average Bonchev–Trinajstić information content (AvgIpc) is 2.57. The Balaban J connectivity index is 2.16. The van der Waals surface area contributed by atoms with Gasteiger partial charge in [-0.25, -0.2) is 0 Å². The van der Waals surface area contributed by atoms with Crippen LogP contribution in [-0.2, 0) is 9.59 Å². The first-order valence-corrected chi connectivity index (χ1v) is 10.3. The molecule has 0 radical (unpaired) electrons. The van der Waals surface area contributed by atoms with E-state index in [0.717, 1.165) is 51.6 Å². The summed E-state index contributed by atoms with van der Waals surface area (Å²) in [6.07, 6.45) is 17.8. The van der Waals surface area contributed by atoms with Gasteiger partial charge in [0.1, 0.15) is 0 Å². The zero-order valence-corrected chi connectivity index (χ0v) is 15.5. The van der Waals surface area contributed by atoms with E-state index in [0.29, 0.717) is 12.8 Å². The molecule has 0 aliphatic carbocycles. The first-order chi connectivity index (χ1) is 11.8. The van der Waals surface area contributed by atoms with Crippen LogP contribution in [0.1, 0.15) is 103 Å². The van der Waals surface area contributed by atoms with Crippen LogP contribution in [-0.4, -0.2) is 24.9 Å². The third-order valence-electron chi connectivity index (χ3n) is 4.81. The molecular formula is C20H38N2O2. The van der Waals surface area contributed by atoms with Crippen molar-refractivity contribution in [3.8, 4) is 0 Å². The van der Waals surface area contributed by atoms with Crippen LogP contribution in [0.4, 0.5) is 0 Å². The highest BCUT2D eigenvalue weighted by molar-refractivity contribution is 5.76. The summed E-state index contributed by atoms with van der Waals surface area (Å²) in [5, 5.41) is 6.05. The van der Waals surface area contributed by atoms with E-state index in [1.165, 1.54) is 51.4 Å². The second-order valence-electron chi connectivity index (χ2n) is 7.15. The topological polar surface area (TPSA) is 58.2 Å². The molecule has 0 saturated carbocycles. The minimum absolute atomic E-state index is 0.190. The quantitative estimate of drug-likeness (QED) is 0.684. The van der Waals surface area contributed by atoms with Crippen LogP contribution >= 0.6 is 0 Å². The van der Waals surface area contributed by atoms with Gasteiger partial charge < -0.3 is 10.6 Å². The molecule has 0 spiro atoms. The lowest BCUT2D eigenvalue weighted by Gasteiger charge is -2.07. The maximum atomic E-state index is 11.7. The second-order valence-corrected chi connectivity index (χ2v) is 7.15. The summed E-state index contributed by atoms with van der Waals surface area (Å²) in [6.45, 7) is 1.66. The molecule has 0 atom stereocenters. The Hall–Kier alpha value is -1.06. The fourth-order valence-electron chi connectivity index (χ4n) is 3.22. The van der Waals surface area contributed by atoms with Gasteiger partial charge in [0, 0.05) is 25.9 Å². The Kier molecular flexibility index (Phi) is 13.5. The molecule has 140 valence electrons. The molecule has 0 aromatic heterocycles. The molecule has 1 aliphatic rings. The number of amides is 2. The highest BCUT2D eigenvalue weighted by atomic mass is 16.2. The lowest BCUT2D eigenvalue weighted by atomic mass is 10.1. The molecule has 2 amide bonds. The van der Waals surface area contributed by atoms with Gasteiger partial charge in [-0.3, -0.25) is 9.59 Å². The Labute approximate surface area is 148 Å². The molecule has 24 heavy (non-hydrogen) atoms. The summed E-state index contributed by atoms with van der Waals surface area (Å²) >= 11 is 0. The van der Waals surface area contributed by atoms with Gasteiger partial charge >= 0.3 is 0 Å². The van der Waals surface area contributed by atoms with Crippen LogP contribution in [0.3, 0.4) is 0 Å². The van der Waals surface area contributed by atoms with Gasteiger partial charge in [-0.2, -0.15) is 0 Å². The van der Waals surface area contributed by atoms with E-state index in [4.69, 9.17) is 0 Å². The summed E-state index contributed by atoms with van der Waals surface area (Å²) in [4.78, 5) is 23.4. The molecule has 1 rings (SSSR count). The van der Waals surface area contributed by atoms with Gasteiger partial charge in [0.25, 0.3) is 0 Å². The van der Waals surface area contributed by atoms with Crippen LogP contribution in [0.5, 0.6) is 0 Å². The standard InChI is InChI=1S/C20H38N2O2/c23-19-15-11-7-8-12-16-20(24)22-18-14-10-6-4-2-1-3-5-9-13-17-21-19/h1-18H2,(H,21,23)(H,22,24). The van der Waals surface area contributed by atoms with E-state index in [1.807, 2.05) is 0 Å². The van der Waals surface area contributed by atoms with E-state index in [-0.39, 0.29) is 11.8 Å². The number of nitrogens with one attached hydrogen (secondary N) is 2. The normalized spacial score (nSPS) is 22.5. The van der Waals surface area contributed by atoms with Crippen molar-refractivity contribution < 1.29 is 9.59 Å². The highest BCUT2D eigenvalue weighted by Crippen LogP contribution is 2.11. The van der Waals surface area contributed by atoms with E-state index in [1.54, 1.807) is 0 Å². The van der Waals surface area contributed by atoms with Gasteiger partial charge in [-0.1, -0.05) is 64.2 Å². The van der Waals surface area contributed by atoms with Gasteiger partial charge in [-0.05, 0) is 25.7 Å². The Morgan fingerprint density at radius 1 is 0.417 bits per heavy atom. The molecular weight excluding hydrogens is 300 g/mol. The van der Waals surface area contributed by atoms with E-state index in [9.17, 15) is 9.59 Å². The molecule has 4 heteroatoms. The second kappa shape index (κ2) is 15.5. The first kappa shape index (κ1) is 21.0. The zero-order valence-electron chi connectivity index (χ0n) is 15.5. The fraction of sp³-hybridized carbons (Fsp3) is 0.900. The molecule has 0 aromatic carbocycles. The molecule has 1 aliphatic heterocycles. The Bertz CT molecular complexity index is 300. The SMILES string of the molecule is O=C1CCCCCCC(=O)NCCCCCCCCCCCCN1. The van der Waals surface area contributed by atoms with Gasteiger partial charge in [-0.15, -0.1) is 0 Å². The van der Waals surface area contributed by atoms with Gasteiger partial charge in [0.05, 0.1) is 0 Å². The predicted octanol–water partition coefficient (Wildman–Crippen LogP) is 4.47. The third-order valence-corrected chi connectivity index (χ3v) is 4.81. The molecule has 1 fully saturated rings. The van der Waals surface area contributed by atoms with E-state index < -0.39 is 0 Å². The molecule has 0 aromatic rings. The number of carbonyl (C=O) groups is 2. The minimum Gasteiger partial charge on any atom is -0.356 e. The lowest BCUT2D eigenvalue weighted by Crippen LogP contribution is -2.24. The summed E-state index contributed by atoms with van der Waals surface area (Å²) in [5.74, 6) is 0.379. The Morgan fingerprint density at radius 2 is 0.708 bits per heavy atom. The van der Waals surface area contributed by atoms with Crippen LogP contribution in [0, 0.1) is 0 Å². The number of carbonyl (C=O) groups excluding carboxylic acids is 2. The summed E-state index contributed by atoms with van der Waals surface area (Å²) in [7, 11) is 0. The van der Waals surface area contributed by atoms with Gasteiger partial charge in [0.2, 0.25) is 11.8 Å². The van der Waals surface area contributed by atoms with Crippen molar-refractivity contribution in [2.24, 2.45) is 0 Å². The molecule has 0 bridgehead atoms. The maximum Gasteiger partial charge on any atom is 0.219 e. The van der Waals surface area contributed by atoms with Gasteiger partial charge in [0.15, 0.2) is 0 Å². The summed E-state index contributed by atoms with van der Waals surface area (Å²) in [6, 6.07) is 0. The minimum atomic E-state index is 0.190. The van der Waals surface area contributed by atoms with Crippen molar-refractivity contribution >= 4 is 11.8 Å². The van der Waals surface area contributed by atoms with Crippen molar-refractivity contribution in [1.82, 2.24) is 10.6 Å². The van der Waals surface area contributed by atoms with Crippen LogP contribution in [0.2, 0.25) is 0 Å². The fourth-order valence-corrected chi connectivity index (χ4v) is 3.22. The predicted molar refractivity (Wildman–Crippen MR) is 99.9 cm³/mol. The average molecular weight is 339 g/mol. The number of hydrogen-bond acceptors (Lipinski definition) is 2. The first-order valence-electron chi connectivity index (χ1n) is 10.3. The molecule has 1 heterocycles. The van der Waals surface area contributed by atoms with E-state index >= 15 is 0 Å². The number of hydrogen-bond donors (Lipinski definition) is 2. The zero-order chi connectivity index (χ0) is 17.3. The third kappa shape index (κ3) is 13.4.